The lowest BCUT2D eigenvalue weighted by Crippen LogP contribution is -2.57. The van der Waals surface area contributed by atoms with Crippen molar-refractivity contribution in [2.75, 3.05) is 18.6 Å². The summed E-state index contributed by atoms with van der Waals surface area (Å²) in [6.45, 7) is 4.19. The van der Waals surface area contributed by atoms with Crippen LogP contribution in [0, 0.1) is 5.92 Å². The van der Waals surface area contributed by atoms with Crippen molar-refractivity contribution in [3.8, 4) is 0 Å². The maximum atomic E-state index is 13.2. The number of likely N-dealkylation sites (tertiary alicyclic amines) is 1. The number of carboxylic acid groups (broad SMARTS) is 1. The van der Waals surface area contributed by atoms with Gasteiger partial charge in [0.05, 0.1) is 12.5 Å². The number of hydrogen-bond donors (Lipinski definition) is 5. The number of hydrogen-bond acceptors (Lipinski definition) is 7. The SMILES string of the molecule is CSCCC(NC(=O)C(N)CC(C)C)C(=O)N1CCCC1C(=O)NC(CC(N)=O)C(=O)O. The number of aliphatic carboxylic acids is 1. The van der Waals surface area contributed by atoms with Gasteiger partial charge in [-0.1, -0.05) is 13.8 Å². The van der Waals surface area contributed by atoms with Crippen LogP contribution in [-0.2, 0) is 24.0 Å². The summed E-state index contributed by atoms with van der Waals surface area (Å²) in [5, 5.41) is 14.2. The highest BCUT2D eigenvalue weighted by atomic mass is 32.2. The summed E-state index contributed by atoms with van der Waals surface area (Å²) in [5.74, 6) is -2.94. The smallest absolute Gasteiger partial charge is 0.326 e. The second-order valence-corrected chi connectivity index (χ2v) is 9.32. The number of carboxylic acids is 1. The molecule has 7 N–H and O–H groups in total. The zero-order chi connectivity index (χ0) is 24.4. The molecule has 0 aromatic heterocycles. The lowest BCUT2D eigenvalue weighted by atomic mass is 10.0. The summed E-state index contributed by atoms with van der Waals surface area (Å²) in [6, 6.07) is -3.96. The molecule has 0 aromatic carbocycles. The van der Waals surface area contributed by atoms with Crippen LogP contribution in [0.25, 0.3) is 0 Å². The molecule has 32 heavy (non-hydrogen) atoms. The van der Waals surface area contributed by atoms with Gasteiger partial charge >= 0.3 is 5.97 Å². The molecular weight excluding hydrogens is 438 g/mol. The Balaban J connectivity index is 2.93. The number of amides is 4. The Labute approximate surface area is 192 Å². The van der Waals surface area contributed by atoms with E-state index in [1.807, 2.05) is 20.1 Å². The summed E-state index contributed by atoms with van der Waals surface area (Å²) in [5.41, 5.74) is 11.0. The Morgan fingerprint density at radius 1 is 1.16 bits per heavy atom. The number of nitrogens with zero attached hydrogens (tertiary/aromatic N) is 1. The minimum absolute atomic E-state index is 0.213. The molecule has 11 nitrogen and oxygen atoms in total. The fraction of sp³-hybridized carbons (Fsp3) is 0.750. The molecule has 0 bridgehead atoms. The first kappa shape index (κ1) is 27.7. The summed E-state index contributed by atoms with van der Waals surface area (Å²) in [4.78, 5) is 62.2. The minimum atomic E-state index is -1.47. The minimum Gasteiger partial charge on any atom is -0.480 e. The van der Waals surface area contributed by atoms with Crippen LogP contribution in [0.4, 0.5) is 0 Å². The number of nitrogens with one attached hydrogen (secondary N) is 2. The monoisotopic (exact) mass is 473 g/mol. The average Bonchev–Trinajstić information content (AvgIpc) is 3.18. The molecule has 0 spiro atoms. The molecule has 4 amide bonds. The molecule has 12 heteroatoms. The van der Waals surface area contributed by atoms with Crippen molar-refractivity contribution in [1.82, 2.24) is 15.5 Å². The van der Waals surface area contributed by atoms with Gasteiger partial charge in [-0.3, -0.25) is 19.2 Å². The fourth-order valence-corrected chi connectivity index (χ4v) is 4.03. The van der Waals surface area contributed by atoms with Crippen LogP contribution in [0.2, 0.25) is 0 Å². The zero-order valence-corrected chi connectivity index (χ0v) is 19.7. The van der Waals surface area contributed by atoms with Crippen molar-refractivity contribution in [2.24, 2.45) is 17.4 Å². The van der Waals surface area contributed by atoms with Gasteiger partial charge in [0, 0.05) is 6.54 Å². The Bertz CT molecular complexity index is 704. The fourth-order valence-electron chi connectivity index (χ4n) is 3.56. The van der Waals surface area contributed by atoms with Crippen LogP contribution in [0.5, 0.6) is 0 Å². The van der Waals surface area contributed by atoms with Gasteiger partial charge in [-0.25, -0.2) is 4.79 Å². The van der Waals surface area contributed by atoms with E-state index in [1.54, 1.807) is 0 Å². The maximum Gasteiger partial charge on any atom is 0.326 e. The van der Waals surface area contributed by atoms with Crippen molar-refractivity contribution in [3.05, 3.63) is 0 Å². The normalized spacial score (nSPS) is 18.7. The van der Waals surface area contributed by atoms with Crippen molar-refractivity contribution >= 4 is 41.4 Å². The molecule has 0 aliphatic carbocycles. The lowest BCUT2D eigenvalue weighted by molar-refractivity contribution is -0.145. The number of rotatable bonds is 13. The summed E-state index contributed by atoms with van der Waals surface area (Å²) >= 11 is 1.52. The predicted molar refractivity (Wildman–Crippen MR) is 120 cm³/mol. The quantitative estimate of drug-likeness (QED) is 0.226. The number of carbonyl (C=O) groups is 5. The number of thioether (sulfide) groups is 1. The molecule has 0 aromatic rings. The van der Waals surface area contributed by atoms with Crippen LogP contribution in [-0.4, -0.2) is 82.3 Å². The third-order valence-corrected chi connectivity index (χ3v) is 5.79. The van der Waals surface area contributed by atoms with Crippen LogP contribution >= 0.6 is 11.8 Å². The topological polar surface area (TPSA) is 185 Å². The van der Waals surface area contributed by atoms with E-state index in [2.05, 4.69) is 10.6 Å². The Hall–Kier alpha value is -2.34. The molecule has 4 atom stereocenters. The largest absolute Gasteiger partial charge is 0.480 e. The molecule has 1 fully saturated rings. The summed E-state index contributed by atoms with van der Waals surface area (Å²) in [7, 11) is 0. The van der Waals surface area contributed by atoms with Gasteiger partial charge in [-0.15, -0.1) is 0 Å². The summed E-state index contributed by atoms with van der Waals surface area (Å²) in [6.07, 6.45) is 3.06. The Kier molecular flexibility index (Phi) is 11.5. The van der Waals surface area contributed by atoms with Crippen molar-refractivity contribution in [3.63, 3.8) is 0 Å². The van der Waals surface area contributed by atoms with E-state index >= 15 is 0 Å². The third kappa shape index (κ3) is 8.65. The second kappa shape index (κ2) is 13.3. The van der Waals surface area contributed by atoms with Gasteiger partial charge in [0.2, 0.25) is 23.6 Å². The highest BCUT2D eigenvalue weighted by Gasteiger charge is 2.39. The van der Waals surface area contributed by atoms with E-state index in [9.17, 15) is 29.1 Å². The maximum absolute atomic E-state index is 13.2. The first-order valence-electron chi connectivity index (χ1n) is 10.6. The van der Waals surface area contributed by atoms with Crippen molar-refractivity contribution in [2.45, 2.75) is 70.1 Å². The molecule has 0 saturated carbocycles. The molecule has 1 rings (SSSR count). The van der Waals surface area contributed by atoms with E-state index in [4.69, 9.17) is 11.5 Å². The standard InChI is InChI=1S/C20H35N5O6S/c1-11(2)9-12(21)17(27)23-13(6-8-32-3)19(29)25-7-4-5-15(25)18(28)24-14(20(30)31)10-16(22)26/h11-15H,4-10,21H2,1-3H3,(H2,22,26)(H,23,27)(H,24,28)(H,30,31). The molecule has 1 heterocycles. The van der Waals surface area contributed by atoms with Gasteiger partial charge in [-0.2, -0.15) is 11.8 Å². The molecule has 4 unspecified atom stereocenters. The molecule has 1 aliphatic rings. The molecule has 182 valence electrons. The number of carbonyl (C=O) groups excluding carboxylic acids is 4. The molecule has 0 radical (unpaired) electrons. The van der Waals surface area contributed by atoms with E-state index < -0.39 is 60.2 Å². The highest BCUT2D eigenvalue weighted by molar-refractivity contribution is 7.98. The van der Waals surface area contributed by atoms with Crippen LogP contribution in [0.3, 0.4) is 0 Å². The van der Waals surface area contributed by atoms with E-state index in [0.717, 1.165) is 0 Å². The van der Waals surface area contributed by atoms with Crippen LogP contribution < -0.4 is 22.1 Å². The van der Waals surface area contributed by atoms with Gasteiger partial charge < -0.3 is 32.1 Å². The predicted octanol–water partition coefficient (Wildman–Crippen LogP) is -0.966. The highest BCUT2D eigenvalue weighted by Crippen LogP contribution is 2.20. The van der Waals surface area contributed by atoms with E-state index in [0.29, 0.717) is 38.0 Å². The number of nitrogens with two attached hydrogens (primary N) is 2. The van der Waals surface area contributed by atoms with Gasteiger partial charge in [-0.05, 0) is 43.6 Å². The number of primary amides is 1. The third-order valence-electron chi connectivity index (χ3n) is 5.15. The Morgan fingerprint density at radius 2 is 1.81 bits per heavy atom. The Morgan fingerprint density at radius 3 is 2.34 bits per heavy atom. The van der Waals surface area contributed by atoms with Crippen molar-refractivity contribution < 1.29 is 29.1 Å². The zero-order valence-electron chi connectivity index (χ0n) is 18.8. The first-order chi connectivity index (χ1) is 15.0. The average molecular weight is 474 g/mol. The van der Waals surface area contributed by atoms with E-state index in [1.165, 1.54) is 16.7 Å². The van der Waals surface area contributed by atoms with Crippen molar-refractivity contribution in [1.29, 1.82) is 0 Å². The lowest BCUT2D eigenvalue weighted by Gasteiger charge is -2.30. The van der Waals surface area contributed by atoms with Gasteiger partial charge in [0.1, 0.15) is 18.1 Å². The first-order valence-corrected chi connectivity index (χ1v) is 12.0. The molecule has 1 saturated heterocycles. The molecule has 1 aliphatic heterocycles. The second-order valence-electron chi connectivity index (χ2n) is 8.34. The van der Waals surface area contributed by atoms with Gasteiger partial charge in [0.25, 0.3) is 0 Å². The van der Waals surface area contributed by atoms with Gasteiger partial charge in [0.15, 0.2) is 0 Å². The summed E-state index contributed by atoms with van der Waals surface area (Å²) < 4.78 is 0. The van der Waals surface area contributed by atoms with E-state index in [-0.39, 0.29) is 5.92 Å². The van der Waals surface area contributed by atoms with Crippen LogP contribution in [0.1, 0.15) is 46.0 Å². The van der Waals surface area contributed by atoms with Crippen LogP contribution in [0.15, 0.2) is 0 Å². The molecular formula is C20H35N5O6S.